The van der Waals surface area contributed by atoms with Crippen LogP contribution in [0.4, 0.5) is 0 Å². The third-order valence-electron chi connectivity index (χ3n) is 0.504. The monoisotopic (exact) mass is 101 g/mol. The van der Waals surface area contributed by atoms with Crippen LogP contribution in [-0.4, -0.2) is 5.55 Å². The minimum Gasteiger partial charge on any atom is -0.290 e. The number of hydrazone groups is 1. The average Bonchev–Trinajstić information content (AvgIpc) is 1.86. The van der Waals surface area contributed by atoms with Crippen molar-refractivity contribution in [2.75, 3.05) is 0 Å². The van der Waals surface area contributed by atoms with Gasteiger partial charge in [0.25, 0.3) is 0 Å². The van der Waals surface area contributed by atoms with Gasteiger partial charge in [-0.15, -0.1) is 0 Å². The van der Waals surface area contributed by atoms with Crippen molar-refractivity contribution in [2.24, 2.45) is 5.10 Å². The lowest BCUT2D eigenvalue weighted by Gasteiger charge is -1.91. The maximum atomic E-state index is 3.72. The molecule has 0 aromatic carbocycles. The molecule has 6 heavy (non-hydrogen) atoms. The summed E-state index contributed by atoms with van der Waals surface area (Å²) in [6.07, 6.45) is 0. The van der Waals surface area contributed by atoms with Gasteiger partial charge in [-0.05, 0) is 6.92 Å². The molecular formula is C3H5N2S. The number of hydrogen-bond donors (Lipinski definition) is 1. The molecule has 0 fully saturated rings. The zero-order valence-electron chi connectivity index (χ0n) is 3.43. The second kappa shape index (κ2) is 1.51. The van der Waals surface area contributed by atoms with E-state index < -0.39 is 0 Å². The van der Waals surface area contributed by atoms with Crippen molar-refractivity contribution in [3.05, 3.63) is 5.37 Å². The third-order valence-corrected chi connectivity index (χ3v) is 1.16. The minimum atomic E-state index is 1.15. The Kier molecular flexibility index (Phi) is 1.01. The molecule has 3 heteroatoms. The Hall–Kier alpha value is -0.180. The van der Waals surface area contributed by atoms with Gasteiger partial charge in [-0.3, -0.25) is 5.43 Å². The number of thioether (sulfide) groups is 1. The fourth-order valence-corrected chi connectivity index (χ4v) is 0.618. The van der Waals surface area contributed by atoms with Gasteiger partial charge in [0, 0.05) is 0 Å². The molecule has 0 atom stereocenters. The molecule has 1 aliphatic heterocycles. The van der Waals surface area contributed by atoms with E-state index in [1.807, 2.05) is 6.92 Å². The predicted molar refractivity (Wildman–Crippen MR) is 28.1 cm³/mol. The van der Waals surface area contributed by atoms with Gasteiger partial charge in [0.2, 0.25) is 0 Å². The highest BCUT2D eigenvalue weighted by molar-refractivity contribution is 8.14. The lowest BCUT2D eigenvalue weighted by molar-refractivity contribution is 0.873. The maximum absolute atomic E-state index is 3.72. The molecule has 1 radical (unpaired) electrons. The van der Waals surface area contributed by atoms with Gasteiger partial charge >= 0.3 is 0 Å². The molecule has 1 rings (SSSR count). The Morgan fingerprint density at radius 2 is 2.83 bits per heavy atom. The quantitative estimate of drug-likeness (QED) is 0.487. The standard InChI is InChI=1S/C3H5N2S/c1-3-5-4-2-6-3/h2,5H,1H3. The number of nitrogens with zero attached hydrogens (tertiary/aromatic N) is 1. The Labute approximate surface area is 41.0 Å². The second-order valence-electron chi connectivity index (χ2n) is 1.02. The summed E-state index contributed by atoms with van der Waals surface area (Å²) in [5.74, 6) is 0. The van der Waals surface area contributed by atoms with E-state index >= 15 is 0 Å². The molecule has 0 spiro atoms. The largest absolute Gasteiger partial charge is 0.290 e. The van der Waals surface area contributed by atoms with Gasteiger partial charge in [-0.25, -0.2) is 0 Å². The van der Waals surface area contributed by atoms with E-state index in [0.29, 0.717) is 0 Å². The molecule has 0 bridgehead atoms. The molecule has 0 aromatic heterocycles. The van der Waals surface area contributed by atoms with Crippen LogP contribution >= 0.6 is 11.8 Å². The van der Waals surface area contributed by atoms with Gasteiger partial charge in [-0.1, -0.05) is 11.8 Å². The van der Waals surface area contributed by atoms with Crippen molar-refractivity contribution in [1.82, 2.24) is 5.43 Å². The molecule has 0 aromatic rings. The van der Waals surface area contributed by atoms with Crippen molar-refractivity contribution in [2.45, 2.75) is 6.92 Å². The molecule has 0 saturated heterocycles. The lowest BCUT2D eigenvalue weighted by Crippen LogP contribution is -1.99. The summed E-state index contributed by atoms with van der Waals surface area (Å²) in [4.78, 5) is 0. The Bertz CT molecular complexity index is 63.2. The summed E-state index contributed by atoms with van der Waals surface area (Å²) in [6.45, 7) is 1.98. The van der Waals surface area contributed by atoms with Gasteiger partial charge in [-0.2, -0.15) is 5.10 Å². The molecule has 2 nitrogen and oxygen atoms in total. The van der Waals surface area contributed by atoms with Crippen molar-refractivity contribution in [1.29, 1.82) is 0 Å². The zero-order valence-corrected chi connectivity index (χ0v) is 4.25. The summed E-state index contributed by atoms with van der Waals surface area (Å²) in [5.41, 5.74) is 4.54. The van der Waals surface area contributed by atoms with Crippen molar-refractivity contribution in [3.63, 3.8) is 0 Å². The topological polar surface area (TPSA) is 24.4 Å². The molecule has 1 heterocycles. The Morgan fingerprint density at radius 3 is 3.00 bits per heavy atom. The van der Waals surface area contributed by atoms with Crippen molar-refractivity contribution >= 4 is 17.3 Å². The maximum Gasteiger partial charge on any atom is 0.136 e. The van der Waals surface area contributed by atoms with Gasteiger partial charge in [0.1, 0.15) is 5.37 Å². The number of rotatable bonds is 0. The second-order valence-corrected chi connectivity index (χ2v) is 2.08. The summed E-state index contributed by atoms with van der Waals surface area (Å²) in [5, 5.41) is 4.86. The first-order valence-electron chi connectivity index (χ1n) is 1.67. The lowest BCUT2D eigenvalue weighted by atomic mass is 10.8. The van der Waals surface area contributed by atoms with Gasteiger partial charge in [0.05, 0.1) is 5.55 Å². The van der Waals surface area contributed by atoms with Crippen LogP contribution in [0.2, 0.25) is 0 Å². The van der Waals surface area contributed by atoms with E-state index in [4.69, 9.17) is 0 Å². The van der Waals surface area contributed by atoms with Crippen molar-refractivity contribution in [3.8, 4) is 0 Å². The van der Waals surface area contributed by atoms with Crippen LogP contribution in [0.25, 0.3) is 0 Å². The molecular weight excluding hydrogens is 96.1 g/mol. The SMILES string of the molecule is C[C]1NN=CS1. The molecule has 0 aliphatic carbocycles. The first-order valence-corrected chi connectivity index (χ1v) is 2.55. The summed E-state index contributed by atoms with van der Waals surface area (Å²) in [6, 6.07) is 0. The summed E-state index contributed by atoms with van der Waals surface area (Å²) >= 11 is 1.61. The fraction of sp³-hybridized carbons (Fsp3) is 0.333. The van der Waals surface area contributed by atoms with Gasteiger partial charge < -0.3 is 0 Å². The molecule has 1 N–H and O–H groups in total. The van der Waals surface area contributed by atoms with E-state index in [-0.39, 0.29) is 0 Å². The number of nitrogens with one attached hydrogen (secondary N) is 1. The highest BCUT2D eigenvalue weighted by Gasteiger charge is 2.01. The van der Waals surface area contributed by atoms with E-state index in [2.05, 4.69) is 10.5 Å². The van der Waals surface area contributed by atoms with E-state index in [1.54, 1.807) is 17.3 Å². The summed E-state index contributed by atoms with van der Waals surface area (Å²) in [7, 11) is 0. The van der Waals surface area contributed by atoms with Gasteiger partial charge in [0.15, 0.2) is 0 Å². The van der Waals surface area contributed by atoms with Crippen LogP contribution in [0.5, 0.6) is 0 Å². The van der Waals surface area contributed by atoms with Crippen LogP contribution in [0, 0.1) is 5.37 Å². The smallest absolute Gasteiger partial charge is 0.136 e. The molecule has 1 aliphatic rings. The molecule has 0 saturated carbocycles. The molecule has 0 unspecified atom stereocenters. The molecule has 0 amide bonds. The minimum absolute atomic E-state index is 1.15. The third kappa shape index (κ3) is 0.653. The van der Waals surface area contributed by atoms with E-state index in [0.717, 1.165) is 5.37 Å². The predicted octanol–water partition coefficient (Wildman–Crippen LogP) is 0.775. The van der Waals surface area contributed by atoms with E-state index in [1.165, 1.54) is 0 Å². The Balaban J connectivity index is 2.32. The van der Waals surface area contributed by atoms with Crippen molar-refractivity contribution < 1.29 is 0 Å². The normalized spacial score (nSPS) is 21.5. The number of hydrogen-bond acceptors (Lipinski definition) is 3. The van der Waals surface area contributed by atoms with Crippen LogP contribution in [0.1, 0.15) is 6.92 Å². The highest BCUT2D eigenvalue weighted by atomic mass is 32.2. The fourth-order valence-electron chi connectivity index (χ4n) is 0.249. The van der Waals surface area contributed by atoms with Crippen LogP contribution < -0.4 is 5.43 Å². The van der Waals surface area contributed by atoms with Crippen LogP contribution in [0.3, 0.4) is 0 Å². The zero-order chi connectivity index (χ0) is 4.41. The first kappa shape index (κ1) is 3.99. The highest BCUT2D eigenvalue weighted by Crippen LogP contribution is 2.15. The van der Waals surface area contributed by atoms with Crippen LogP contribution in [0.15, 0.2) is 5.10 Å². The Morgan fingerprint density at radius 1 is 2.00 bits per heavy atom. The van der Waals surface area contributed by atoms with E-state index in [9.17, 15) is 0 Å². The summed E-state index contributed by atoms with van der Waals surface area (Å²) < 4.78 is 0. The first-order chi connectivity index (χ1) is 2.89. The van der Waals surface area contributed by atoms with Crippen LogP contribution in [-0.2, 0) is 0 Å². The molecule has 33 valence electrons. The average molecular weight is 101 g/mol.